The Labute approximate surface area is 414 Å². The topological polar surface area (TPSA) is 78.9 Å². The summed E-state index contributed by atoms with van der Waals surface area (Å²) in [7, 11) is 0. The van der Waals surface area contributed by atoms with Gasteiger partial charge in [0.2, 0.25) is 0 Å². The molecule has 0 N–H and O–H groups in total. The number of carbonyl (C=O) groups is 3. The molecule has 0 aliphatic carbocycles. The molecular weight excluding hydrogens is 829 g/mol. The van der Waals surface area contributed by atoms with Crippen molar-refractivity contribution in [2.24, 2.45) is 0 Å². The summed E-state index contributed by atoms with van der Waals surface area (Å²) in [6.07, 6.45) is 71.5. The van der Waals surface area contributed by atoms with Gasteiger partial charge in [-0.15, -0.1) is 0 Å². The molecule has 0 bridgehead atoms. The van der Waals surface area contributed by atoms with Crippen LogP contribution in [0.25, 0.3) is 0 Å². The Bertz CT molecular complexity index is 1300. The lowest BCUT2D eigenvalue weighted by Gasteiger charge is -2.18. The highest BCUT2D eigenvalue weighted by molar-refractivity contribution is 5.71. The van der Waals surface area contributed by atoms with Gasteiger partial charge in [-0.1, -0.05) is 221 Å². The molecule has 0 aliphatic heterocycles. The fraction of sp³-hybridized carbons (Fsp3) is 0.721. The number of esters is 3. The van der Waals surface area contributed by atoms with Gasteiger partial charge in [-0.3, -0.25) is 14.4 Å². The molecule has 0 saturated carbocycles. The Balaban J connectivity index is 4.52. The molecule has 0 amide bonds. The van der Waals surface area contributed by atoms with Crippen LogP contribution in [0.4, 0.5) is 0 Å². The molecule has 0 aliphatic rings. The van der Waals surface area contributed by atoms with Crippen molar-refractivity contribution in [3.8, 4) is 0 Å². The van der Waals surface area contributed by atoms with Gasteiger partial charge in [0, 0.05) is 19.3 Å². The molecule has 384 valence electrons. The van der Waals surface area contributed by atoms with Gasteiger partial charge < -0.3 is 14.2 Å². The second kappa shape index (κ2) is 55.2. The molecule has 0 aromatic heterocycles. The van der Waals surface area contributed by atoms with Crippen molar-refractivity contribution < 1.29 is 28.6 Å². The highest BCUT2D eigenvalue weighted by Crippen LogP contribution is 2.14. The average Bonchev–Trinajstić information content (AvgIpc) is 3.33. The fourth-order valence-electron chi connectivity index (χ4n) is 7.59. The van der Waals surface area contributed by atoms with E-state index in [2.05, 4.69) is 99.8 Å². The highest BCUT2D eigenvalue weighted by atomic mass is 16.6. The Hall–Kier alpha value is -3.41. The van der Waals surface area contributed by atoms with E-state index in [4.69, 9.17) is 14.2 Å². The van der Waals surface area contributed by atoms with Crippen LogP contribution in [-0.4, -0.2) is 37.2 Å². The summed E-state index contributed by atoms with van der Waals surface area (Å²) >= 11 is 0. The SMILES string of the molecule is CCCCC/C=C\C/C=C\C/C=C\C/C=C\C/C=C\CCC(=O)O[C@H](COC(=O)CCCCCCC/C=C\CCCCCCCC)COC(=O)CCCCCCCCC/C=C\CCCCCC. The van der Waals surface area contributed by atoms with Crippen LogP contribution in [0, 0.1) is 0 Å². The van der Waals surface area contributed by atoms with Gasteiger partial charge in [-0.25, -0.2) is 0 Å². The maximum atomic E-state index is 12.8. The molecule has 6 nitrogen and oxygen atoms in total. The average molecular weight is 933 g/mol. The van der Waals surface area contributed by atoms with Crippen LogP contribution in [-0.2, 0) is 28.6 Å². The van der Waals surface area contributed by atoms with Crippen molar-refractivity contribution in [3.05, 3.63) is 85.1 Å². The largest absolute Gasteiger partial charge is 0.462 e. The minimum absolute atomic E-state index is 0.111. The fourth-order valence-corrected chi connectivity index (χ4v) is 7.59. The zero-order chi connectivity index (χ0) is 48.6. The van der Waals surface area contributed by atoms with Crippen LogP contribution >= 0.6 is 0 Å². The van der Waals surface area contributed by atoms with Crippen molar-refractivity contribution in [2.75, 3.05) is 13.2 Å². The Morgan fingerprint density at radius 2 is 0.567 bits per heavy atom. The molecule has 0 radical (unpaired) electrons. The lowest BCUT2D eigenvalue weighted by Crippen LogP contribution is -2.30. The molecule has 0 rings (SSSR count). The van der Waals surface area contributed by atoms with Crippen molar-refractivity contribution in [3.63, 3.8) is 0 Å². The van der Waals surface area contributed by atoms with Gasteiger partial charge in [-0.05, 0) is 109 Å². The molecule has 0 fully saturated rings. The van der Waals surface area contributed by atoms with Crippen LogP contribution in [0.5, 0.6) is 0 Å². The number of allylic oxidation sites excluding steroid dienone is 14. The number of ether oxygens (including phenoxy) is 3. The first-order valence-corrected chi connectivity index (χ1v) is 28.1. The second-order valence-corrected chi connectivity index (χ2v) is 18.5. The van der Waals surface area contributed by atoms with Crippen LogP contribution in [0.3, 0.4) is 0 Å². The van der Waals surface area contributed by atoms with E-state index in [0.29, 0.717) is 19.3 Å². The summed E-state index contributed by atoms with van der Waals surface area (Å²) in [4.78, 5) is 38.1. The molecule has 0 unspecified atom stereocenters. The van der Waals surface area contributed by atoms with Crippen molar-refractivity contribution in [1.29, 1.82) is 0 Å². The molecule has 6 heteroatoms. The van der Waals surface area contributed by atoms with Crippen molar-refractivity contribution >= 4 is 17.9 Å². The van der Waals surface area contributed by atoms with Crippen molar-refractivity contribution in [2.45, 2.75) is 271 Å². The van der Waals surface area contributed by atoms with E-state index in [1.807, 2.05) is 6.08 Å². The first-order valence-electron chi connectivity index (χ1n) is 28.1. The summed E-state index contributed by atoms with van der Waals surface area (Å²) in [5, 5.41) is 0. The summed E-state index contributed by atoms with van der Waals surface area (Å²) in [5.41, 5.74) is 0. The van der Waals surface area contributed by atoms with E-state index in [-0.39, 0.29) is 31.6 Å². The van der Waals surface area contributed by atoms with Gasteiger partial charge in [-0.2, -0.15) is 0 Å². The van der Waals surface area contributed by atoms with Gasteiger partial charge in [0.15, 0.2) is 6.10 Å². The van der Waals surface area contributed by atoms with Crippen LogP contribution in [0.1, 0.15) is 265 Å². The first kappa shape index (κ1) is 63.6. The number of carbonyl (C=O) groups excluding carboxylic acids is 3. The molecule has 0 heterocycles. The number of rotatable bonds is 50. The quantitative estimate of drug-likeness (QED) is 0.0262. The molecular formula is C61H104O6. The van der Waals surface area contributed by atoms with Crippen LogP contribution in [0.15, 0.2) is 85.1 Å². The standard InChI is InChI=1S/C61H104O6/c1-4-7-10-13-16-19-22-25-28-29-30-31-34-37-40-43-46-49-52-55-61(64)67-58(56-65-59(62)53-50-47-44-41-38-35-32-26-23-20-17-14-11-8-5-2)57-66-60(63)54-51-48-45-42-39-36-33-27-24-21-18-15-12-9-6-3/h16,19-20,23,25,27-28,30-31,33,37,40,46,49,58H,4-15,17-18,21-22,24,26,29,32,34-36,38-39,41-45,47-48,50-57H2,1-3H3/b19-16-,23-20-,28-25-,31-30-,33-27-,40-37-,49-46-/t58-/m0/s1. The molecule has 0 spiro atoms. The second-order valence-electron chi connectivity index (χ2n) is 18.5. The van der Waals surface area contributed by atoms with Gasteiger partial charge >= 0.3 is 17.9 Å². The predicted molar refractivity (Wildman–Crippen MR) is 288 cm³/mol. The monoisotopic (exact) mass is 933 g/mol. The summed E-state index contributed by atoms with van der Waals surface area (Å²) < 4.78 is 16.8. The summed E-state index contributed by atoms with van der Waals surface area (Å²) in [6.45, 7) is 6.53. The zero-order valence-electron chi connectivity index (χ0n) is 43.9. The highest BCUT2D eigenvalue weighted by Gasteiger charge is 2.19. The van der Waals surface area contributed by atoms with E-state index in [1.54, 1.807) is 0 Å². The number of unbranched alkanes of at least 4 members (excludes halogenated alkanes) is 25. The summed E-state index contributed by atoms with van der Waals surface area (Å²) in [5.74, 6) is -1.00. The first-order chi connectivity index (χ1) is 33.0. The van der Waals surface area contributed by atoms with E-state index >= 15 is 0 Å². The number of hydrogen-bond donors (Lipinski definition) is 0. The maximum Gasteiger partial charge on any atom is 0.306 e. The molecule has 1 atom stereocenters. The van der Waals surface area contributed by atoms with E-state index in [0.717, 1.165) is 77.0 Å². The predicted octanol–water partition coefficient (Wildman–Crippen LogP) is 18.8. The Kier molecular flexibility index (Phi) is 52.4. The van der Waals surface area contributed by atoms with Crippen LogP contribution in [0.2, 0.25) is 0 Å². The van der Waals surface area contributed by atoms with Gasteiger partial charge in [0.1, 0.15) is 13.2 Å². The van der Waals surface area contributed by atoms with E-state index in [1.165, 1.54) is 141 Å². The lowest BCUT2D eigenvalue weighted by atomic mass is 10.1. The minimum Gasteiger partial charge on any atom is -0.462 e. The molecule has 0 aromatic rings. The third kappa shape index (κ3) is 53.4. The van der Waals surface area contributed by atoms with Gasteiger partial charge in [0.25, 0.3) is 0 Å². The van der Waals surface area contributed by atoms with Crippen molar-refractivity contribution in [1.82, 2.24) is 0 Å². The van der Waals surface area contributed by atoms with E-state index in [9.17, 15) is 14.4 Å². The Morgan fingerprint density at radius 1 is 0.299 bits per heavy atom. The normalized spacial score (nSPS) is 12.7. The third-order valence-corrected chi connectivity index (χ3v) is 11.9. The smallest absolute Gasteiger partial charge is 0.306 e. The summed E-state index contributed by atoms with van der Waals surface area (Å²) in [6, 6.07) is 0. The minimum atomic E-state index is -0.821. The Morgan fingerprint density at radius 3 is 0.955 bits per heavy atom. The third-order valence-electron chi connectivity index (χ3n) is 11.9. The van der Waals surface area contributed by atoms with Crippen LogP contribution < -0.4 is 0 Å². The van der Waals surface area contributed by atoms with Gasteiger partial charge in [0.05, 0.1) is 0 Å². The number of hydrogen-bond acceptors (Lipinski definition) is 6. The zero-order valence-corrected chi connectivity index (χ0v) is 43.9. The molecule has 67 heavy (non-hydrogen) atoms. The maximum absolute atomic E-state index is 12.8. The lowest BCUT2D eigenvalue weighted by molar-refractivity contribution is -0.166. The van der Waals surface area contributed by atoms with E-state index < -0.39 is 12.1 Å². The molecule has 0 aromatic carbocycles. The molecule has 0 saturated heterocycles.